The van der Waals surface area contributed by atoms with Crippen LogP contribution in [0.5, 0.6) is 0 Å². The predicted molar refractivity (Wildman–Crippen MR) is 58.2 cm³/mol. The highest BCUT2D eigenvalue weighted by atomic mass is 16.5. The topological polar surface area (TPSA) is 127 Å². The van der Waals surface area contributed by atoms with E-state index in [-0.39, 0.29) is 11.7 Å². The summed E-state index contributed by atoms with van der Waals surface area (Å²) in [4.78, 5) is 15.6. The van der Waals surface area contributed by atoms with Crippen molar-refractivity contribution in [2.24, 2.45) is 16.3 Å². The molecule has 8 nitrogen and oxygen atoms in total. The zero-order valence-corrected chi connectivity index (χ0v) is 9.67. The number of nitrogens with zero attached hydrogens (tertiary/aromatic N) is 3. The van der Waals surface area contributed by atoms with Gasteiger partial charge < -0.3 is 20.8 Å². The summed E-state index contributed by atoms with van der Waals surface area (Å²) in [5, 5.41) is 17.5. The number of oxime groups is 1. The van der Waals surface area contributed by atoms with E-state index < -0.39 is 5.41 Å². The molecule has 1 heterocycles. The van der Waals surface area contributed by atoms with Crippen LogP contribution in [-0.2, 0) is 11.2 Å². The van der Waals surface area contributed by atoms with Gasteiger partial charge in [-0.25, -0.2) is 0 Å². The Bertz CT molecular complexity index is 399. The molecule has 0 aliphatic heterocycles. The molecule has 94 valence electrons. The average Bonchev–Trinajstić information content (AvgIpc) is 2.80. The summed E-state index contributed by atoms with van der Waals surface area (Å²) in [6.45, 7) is 3.46. The maximum absolute atomic E-state index is 11.7. The van der Waals surface area contributed by atoms with Crippen LogP contribution in [0.15, 0.2) is 16.0 Å². The Hall–Kier alpha value is -2.12. The van der Waals surface area contributed by atoms with Gasteiger partial charge in [0, 0.05) is 13.0 Å². The number of carbonyl (C=O) groups is 1. The lowest BCUT2D eigenvalue weighted by Crippen LogP contribution is -2.46. The van der Waals surface area contributed by atoms with Crippen molar-refractivity contribution in [1.82, 2.24) is 15.5 Å². The Labute approximate surface area is 97.9 Å². The molecule has 0 bridgehead atoms. The highest BCUT2D eigenvalue weighted by molar-refractivity contribution is 6.05. The number of nitrogens with two attached hydrogens (primary N) is 1. The van der Waals surface area contributed by atoms with E-state index in [1.54, 1.807) is 13.8 Å². The molecule has 0 radical (unpaired) electrons. The molecule has 0 saturated heterocycles. The highest BCUT2D eigenvalue weighted by Crippen LogP contribution is 2.14. The molecule has 0 saturated carbocycles. The summed E-state index contributed by atoms with van der Waals surface area (Å²) in [6, 6.07) is 0. The standard InChI is InChI=1S/C9H15N5O3/c1-9(2,7(10)14-16)8(15)11-4-3-6-12-5-13-17-6/h5,16H,3-4H2,1-2H3,(H2,10,14)(H,11,15). The van der Waals surface area contributed by atoms with Crippen LogP contribution < -0.4 is 11.1 Å². The molecular formula is C9H15N5O3. The van der Waals surface area contributed by atoms with E-state index in [0.29, 0.717) is 18.9 Å². The highest BCUT2D eigenvalue weighted by Gasteiger charge is 2.32. The number of nitrogens with one attached hydrogen (secondary N) is 1. The van der Waals surface area contributed by atoms with Gasteiger partial charge in [-0.2, -0.15) is 4.98 Å². The zero-order valence-electron chi connectivity index (χ0n) is 9.67. The van der Waals surface area contributed by atoms with Crippen molar-refractivity contribution < 1.29 is 14.5 Å². The monoisotopic (exact) mass is 241 g/mol. The Morgan fingerprint density at radius 3 is 2.94 bits per heavy atom. The minimum Gasteiger partial charge on any atom is -0.409 e. The van der Waals surface area contributed by atoms with E-state index in [9.17, 15) is 4.79 Å². The third-order valence-corrected chi connectivity index (χ3v) is 2.35. The third-order valence-electron chi connectivity index (χ3n) is 2.35. The van der Waals surface area contributed by atoms with E-state index in [0.717, 1.165) is 0 Å². The fraction of sp³-hybridized carbons (Fsp3) is 0.556. The number of carbonyl (C=O) groups excluding carboxylic acids is 1. The Morgan fingerprint density at radius 2 is 2.41 bits per heavy atom. The SMILES string of the molecule is CC(C)(C(=O)NCCc1ncno1)C(N)=NO. The van der Waals surface area contributed by atoms with Crippen molar-refractivity contribution in [2.75, 3.05) is 6.54 Å². The second-order valence-corrected chi connectivity index (χ2v) is 3.95. The number of hydrogen-bond donors (Lipinski definition) is 3. The summed E-state index contributed by atoms with van der Waals surface area (Å²) in [7, 11) is 0. The second-order valence-electron chi connectivity index (χ2n) is 3.95. The Morgan fingerprint density at radius 1 is 1.71 bits per heavy atom. The van der Waals surface area contributed by atoms with Crippen molar-refractivity contribution in [3.8, 4) is 0 Å². The number of hydrogen-bond acceptors (Lipinski definition) is 6. The van der Waals surface area contributed by atoms with Gasteiger partial charge in [0.15, 0.2) is 12.2 Å². The number of amides is 1. The first kappa shape index (κ1) is 12.9. The van der Waals surface area contributed by atoms with Crippen molar-refractivity contribution in [2.45, 2.75) is 20.3 Å². The molecule has 0 spiro atoms. The summed E-state index contributed by atoms with van der Waals surface area (Å²) in [5.74, 6) is -0.0491. The van der Waals surface area contributed by atoms with Crippen molar-refractivity contribution in [1.29, 1.82) is 0 Å². The number of aromatic nitrogens is 2. The fourth-order valence-corrected chi connectivity index (χ4v) is 1.05. The van der Waals surface area contributed by atoms with Gasteiger partial charge in [0.1, 0.15) is 5.41 Å². The van der Waals surface area contributed by atoms with Gasteiger partial charge in [-0.3, -0.25) is 4.79 Å². The lowest BCUT2D eigenvalue weighted by atomic mass is 9.91. The molecule has 1 amide bonds. The Balaban J connectivity index is 2.44. The minimum absolute atomic E-state index is 0.146. The maximum atomic E-state index is 11.7. The van der Waals surface area contributed by atoms with E-state index in [2.05, 4.69) is 20.6 Å². The first-order chi connectivity index (χ1) is 7.98. The van der Waals surface area contributed by atoms with Gasteiger partial charge >= 0.3 is 0 Å². The number of rotatable bonds is 5. The average molecular weight is 241 g/mol. The van der Waals surface area contributed by atoms with Crippen LogP contribution in [0.3, 0.4) is 0 Å². The van der Waals surface area contributed by atoms with Gasteiger partial charge in [0.25, 0.3) is 0 Å². The van der Waals surface area contributed by atoms with E-state index in [1.807, 2.05) is 0 Å². The normalized spacial score (nSPS) is 12.5. The zero-order chi connectivity index (χ0) is 12.9. The summed E-state index contributed by atoms with van der Waals surface area (Å²) >= 11 is 0. The van der Waals surface area contributed by atoms with Crippen LogP contribution in [0.25, 0.3) is 0 Å². The maximum Gasteiger partial charge on any atom is 0.233 e. The van der Waals surface area contributed by atoms with Crippen LogP contribution in [0, 0.1) is 5.41 Å². The van der Waals surface area contributed by atoms with Gasteiger partial charge in [0.05, 0.1) is 0 Å². The van der Waals surface area contributed by atoms with Crippen molar-refractivity contribution >= 4 is 11.7 Å². The Kier molecular flexibility index (Phi) is 4.02. The molecule has 0 aliphatic rings. The second kappa shape index (κ2) is 5.28. The molecule has 0 fully saturated rings. The molecule has 4 N–H and O–H groups in total. The third kappa shape index (κ3) is 3.16. The van der Waals surface area contributed by atoms with Gasteiger partial charge in [-0.1, -0.05) is 10.3 Å². The lowest BCUT2D eigenvalue weighted by molar-refractivity contribution is -0.126. The summed E-state index contributed by atoms with van der Waals surface area (Å²) < 4.78 is 4.77. The molecular weight excluding hydrogens is 226 g/mol. The van der Waals surface area contributed by atoms with Gasteiger partial charge in [-0.15, -0.1) is 0 Å². The molecule has 1 rings (SSSR count). The number of amidine groups is 1. The first-order valence-corrected chi connectivity index (χ1v) is 5.00. The molecule has 1 aromatic heterocycles. The largest absolute Gasteiger partial charge is 0.409 e. The molecule has 0 unspecified atom stereocenters. The summed E-state index contributed by atoms with van der Waals surface area (Å²) in [6.07, 6.45) is 1.72. The van der Waals surface area contributed by atoms with Gasteiger partial charge in [-0.05, 0) is 13.8 Å². The van der Waals surface area contributed by atoms with Crippen LogP contribution >= 0.6 is 0 Å². The van der Waals surface area contributed by atoms with E-state index in [4.69, 9.17) is 15.5 Å². The lowest BCUT2D eigenvalue weighted by Gasteiger charge is -2.21. The predicted octanol–water partition coefficient (Wildman–Crippen LogP) is -0.499. The van der Waals surface area contributed by atoms with Crippen LogP contribution in [-0.4, -0.2) is 33.6 Å². The molecule has 0 atom stereocenters. The smallest absolute Gasteiger partial charge is 0.233 e. The van der Waals surface area contributed by atoms with Crippen molar-refractivity contribution in [3.63, 3.8) is 0 Å². The molecule has 8 heteroatoms. The molecule has 0 aliphatic carbocycles. The van der Waals surface area contributed by atoms with Crippen LogP contribution in [0.4, 0.5) is 0 Å². The van der Waals surface area contributed by atoms with Crippen LogP contribution in [0.2, 0.25) is 0 Å². The van der Waals surface area contributed by atoms with E-state index in [1.165, 1.54) is 6.33 Å². The van der Waals surface area contributed by atoms with Gasteiger partial charge in [0.2, 0.25) is 11.8 Å². The quantitative estimate of drug-likeness (QED) is 0.276. The molecule has 17 heavy (non-hydrogen) atoms. The van der Waals surface area contributed by atoms with E-state index >= 15 is 0 Å². The first-order valence-electron chi connectivity index (χ1n) is 5.00. The fourth-order valence-electron chi connectivity index (χ4n) is 1.05. The van der Waals surface area contributed by atoms with Crippen molar-refractivity contribution in [3.05, 3.63) is 12.2 Å². The summed E-state index contributed by atoms with van der Waals surface area (Å²) in [5.41, 5.74) is 4.35. The van der Waals surface area contributed by atoms with Crippen LogP contribution in [0.1, 0.15) is 19.7 Å². The molecule has 0 aromatic carbocycles. The minimum atomic E-state index is -1.07. The molecule has 1 aromatic rings.